The highest BCUT2D eigenvalue weighted by Crippen LogP contribution is 2.20. The van der Waals surface area contributed by atoms with Crippen LogP contribution in [0.25, 0.3) is 0 Å². The number of ether oxygens (including phenoxy) is 1. The molecule has 0 saturated carbocycles. The van der Waals surface area contributed by atoms with Gasteiger partial charge in [0.1, 0.15) is 5.75 Å². The van der Waals surface area contributed by atoms with Gasteiger partial charge in [-0.2, -0.15) is 0 Å². The Bertz CT molecular complexity index is 358. The van der Waals surface area contributed by atoms with Crippen LogP contribution in [0.3, 0.4) is 0 Å². The smallest absolute Gasteiger partial charge is 0.119 e. The minimum absolute atomic E-state index is 0.390. The van der Waals surface area contributed by atoms with Gasteiger partial charge in [0, 0.05) is 6.54 Å². The van der Waals surface area contributed by atoms with Crippen LogP contribution < -0.4 is 4.74 Å². The van der Waals surface area contributed by atoms with Crippen molar-refractivity contribution in [3.63, 3.8) is 0 Å². The van der Waals surface area contributed by atoms with Crippen LogP contribution in [0.2, 0.25) is 0 Å². The van der Waals surface area contributed by atoms with Gasteiger partial charge in [0.2, 0.25) is 0 Å². The van der Waals surface area contributed by atoms with E-state index in [0.717, 1.165) is 44.0 Å². The molecule has 3 heteroatoms. The molecule has 1 aliphatic rings. The lowest BCUT2D eigenvalue weighted by Gasteiger charge is -2.28. The number of rotatable bonds is 6. The van der Waals surface area contributed by atoms with Crippen LogP contribution in [0.15, 0.2) is 24.3 Å². The van der Waals surface area contributed by atoms with Crippen molar-refractivity contribution in [1.29, 1.82) is 0 Å². The second-order valence-corrected chi connectivity index (χ2v) is 5.29. The second-order valence-electron chi connectivity index (χ2n) is 5.29. The zero-order valence-corrected chi connectivity index (χ0v) is 11.8. The molecule has 1 heterocycles. The minimum Gasteiger partial charge on any atom is -0.494 e. The highest BCUT2D eigenvalue weighted by Gasteiger charge is 2.15. The maximum atomic E-state index is 10.3. The molecule has 0 radical (unpaired) electrons. The Hall–Kier alpha value is -1.06. The molecule has 1 aromatic rings. The maximum Gasteiger partial charge on any atom is 0.119 e. The summed E-state index contributed by atoms with van der Waals surface area (Å²) in [5.41, 5.74) is 0.981. The predicted molar refractivity (Wildman–Crippen MR) is 77.5 cm³/mol. The summed E-state index contributed by atoms with van der Waals surface area (Å²) in [6.07, 6.45) is 4.47. The van der Waals surface area contributed by atoms with E-state index in [1.54, 1.807) is 0 Å². The van der Waals surface area contributed by atoms with E-state index in [-0.39, 0.29) is 0 Å². The number of hydrogen-bond donors (Lipinski definition) is 1. The van der Waals surface area contributed by atoms with Gasteiger partial charge in [-0.1, -0.05) is 25.5 Å². The van der Waals surface area contributed by atoms with Crippen LogP contribution in [-0.4, -0.2) is 36.2 Å². The summed E-state index contributed by atoms with van der Waals surface area (Å²) in [6, 6.07) is 7.84. The fourth-order valence-electron chi connectivity index (χ4n) is 2.50. The van der Waals surface area contributed by atoms with Crippen molar-refractivity contribution >= 4 is 0 Å². The molecule has 1 aliphatic heterocycles. The van der Waals surface area contributed by atoms with Gasteiger partial charge in [-0.3, -0.25) is 0 Å². The number of benzene rings is 1. The summed E-state index contributed by atoms with van der Waals surface area (Å²) in [4.78, 5) is 2.36. The van der Waals surface area contributed by atoms with Crippen LogP contribution in [0.1, 0.15) is 44.3 Å². The monoisotopic (exact) mass is 263 g/mol. The summed E-state index contributed by atoms with van der Waals surface area (Å²) in [5, 5.41) is 10.3. The first-order chi connectivity index (χ1) is 9.29. The van der Waals surface area contributed by atoms with Crippen molar-refractivity contribution in [2.24, 2.45) is 0 Å². The van der Waals surface area contributed by atoms with Crippen LogP contribution in [-0.2, 0) is 0 Å². The first kappa shape index (κ1) is 14.4. The van der Waals surface area contributed by atoms with E-state index in [1.165, 1.54) is 19.3 Å². The lowest BCUT2D eigenvalue weighted by Crippen LogP contribution is -2.33. The maximum absolute atomic E-state index is 10.3. The van der Waals surface area contributed by atoms with Crippen molar-refractivity contribution in [2.45, 2.75) is 38.7 Å². The van der Waals surface area contributed by atoms with E-state index in [9.17, 15) is 5.11 Å². The third-order valence-corrected chi connectivity index (χ3v) is 3.62. The van der Waals surface area contributed by atoms with E-state index >= 15 is 0 Å². The van der Waals surface area contributed by atoms with E-state index in [4.69, 9.17) is 4.74 Å². The molecule has 0 aromatic heterocycles. The van der Waals surface area contributed by atoms with Crippen LogP contribution in [0.4, 0.5) is 0 Å². The second kappa shape index (κ2) is 7.51. The molecule has 0 bridgehead atoms. The van der Waals surface area contributed by atoms with Crippen LogP contribution >= 0.6 is 0 Å². The molecule has 1 unspecified atom stereocenters. The number of aliphatic hydroxyl groups is 1. The number of β-amino-alcohol motifs (C(OH)–C–C–N with tert-alkyl or cyclic N) is 1. The average molecular weight is 263 g/mol. The Kier molecular flexibility index (Phi) is 5.67. The van der Waals surface area contributed by atoms with Gasteiger partial charge < -0.3 is 14.7 Å². The molecule has 19 heavy (non-hydrogen) atoms. The molecule has 0 spiro atoms. The average Bonchev–Trinajstić information content (AvgIpc) is 2.46. The zero-order valence-electron chi connectivity index (χ0n) is 11.8. The predicted octanol–water partition coefficient (Wildman–Crippen LogP) is 2.99. The van der Waals surface area contributed by atoms with Gasteiger partial charge >= 0.3 is 0 Å². The van der Waals surface area contributed by atoms with Crippen LogP contribution in [0.5, 0.6) is 5.75 Å². The molecule has 1 saturated heterocycles. The molecule has 0 amide bonds. The molecule has 1 N–H and O–H groups in total. The standard InChI is InChI=1S/C16H25NO2/c1-2-12-19-15-8-6-14(7-9-15)16(18)13-17-10-4-3-5-11-17/h6-9,16,18H,2-5,10-13H2,1H3. The summed E-state index contributed by atoms with van der Waals surface area (Å²) in [7, 11) is 0. The third kappa shape index (κ3) is 4.51. The van der Waals surface area contributed by atoms with E-state index < -0.39 is 6.10 Å². The first-order valence-corrected chi connectivity index (χ1v) is 7.43. The summed E-state index contributed by atoms with van der Waals surface area (Å²) >= 11 is 0. The van der Waals surface area contributed by atoms with Gasteiger partial charge in [-0.25, -0.2) is 0 Å². The SMILES string of the molecule is CCCOc1ccc(C(O)CN2CCCCC2)cc1. The van der Waals surface area contributed by atoms with Crippen molar-refractivity contribution in [2.75, 3.05) is 26.2 Å². The summed E-state index contributed by atoms with van der Waals surface area (Å²) < 4.78 is 5.55. The molecule has 2 rings (SSSR count). The molecule has 3 nitrogen and oxygen atoms in total. The Morgan fingerprint density at radius 2 is 1.84 bits per heavy atom. The third-order valence-electron chi connectivity index (χ3n) is 3.62. The highest BCUT2D eigenvalue weighted by atomic mass is 16.5. The Morgan fingerprint density at radius 3 is 2.47 bits per heavy atom. The van der Waals surface area contributed by atoms with Crippen molar-refractivity contribution in [3.05, 3.63) is 29.8 Å². The Balaban J connectivity index is 1.85. The number of likely N-dealkylation sites (tertiary alicyclic amines) is 1. The van der Waals surface area contributed by atoms with Gasteiger partial charge in [0.15, 0.2) is 0 Å². The molecule has 1 aromatic carbocycles. The molecular weight excluding hydrogens is 238 g/mol. The Labute approximate surface area is 116 Å². The normalized spacial score (nSPS) is 18.2. The van der Waals surface area contributed by atoms with Gasteiger partial charge in [-0.05, 0) is 50.0 Å². The molecule has 0 aliphatic carbocycles. The number of aliphatic hydroxyl groups excluding tert-OH is 1. The number of piperidine rings is 1. The van der Waals surface area contributed by atoms with E-state index in [2.05, 4.69) is 11.8 Å². The summed E-state index contributed by atoms with van der Waals surface area (Å²) in [5.74, 6) is 0.885. The van der Waals surface area contributed by atoms with Crippen LogP contribution in [0, 0.1) is 0 Å². The minimum atomic E-state index is -0.390. The fourth-order valence-corrected chi connectivity index (χ4v) is 2.50. The van der Waals surface area contributed by atoms with E-state index in [0.29, 0.717) is 0 Å². The van der Waals surface area contributed by atoms with Gasteiger partial charge in [0.25, 0.3) is 0 Å². The molecular formula is C16H25NO2. The van der Waals surface area contributed by atoms with Gasteiger partial charge in [-0.15, -0.1) is 0 Å². The molecule has 1 fully saturated rings. The largest absolute Gasteiger partial charge is 0.494 e. The summed E-state index contributed by atoms with van der Waals surface area (Å²) in [6.45, 7) is 5.82. The molecule has 106 valence electrons. The Morgan fingerprint density at radius 1 is 1.16 bits per heavy atom. The number of hydrogen-bond acceptors (Lipinski definition) is 3. The number of nitrogens with zero attached hydrogens (tertiary/aromatic N) is 1. The van der Waals surface area contributed by atoms with Gasteiger partial charge in [0.05, 0.1) is 12.7 Å². The van der Waals surface area contributed by atoms with Crippen molar-refractivity contribution < 1.29 is 9.84 Å². The lowest BCUT2D eigenvalue weighted by molar-refractivity contribution is 0.101. The van der Waals surface area contributed by atoms with Crippen molar-refractivity contribution in [3.8, 4) is 5.75 Å². The first-order valence-electron chi connectivity index (χ1n) is 7.43. The van der Waals surface area contributed by atoms with E-state index in [1.807, 2.05) is 24.3 Å². The topological polar surface area (TPSA) is 32.7 Å². The zero-order chi connectivity index (χ0) is 13.5. The van der Waals surface area contributed by atoms with Crippen molar-refractivity contribution in [1.82, 2.24) is 4.90 Å². The highest BCUT2D eigenvalue weighted by molar-refractivity contribution is 5.28. The quantitative estimate of drug-likeness (QED) is 0.856. The lowest BCUT2D eigenvalue weighted by atomic mass is 10.1. The fraction of sp³-hybridized carbons (Fsp3) is 0.625. The molecule has 1 atom stereocenters.